The monoisotopic (exact) mass is 389 g/mol. The molecule has 1 aromatic heterocycles. The van der Waals surface area contributed by atoms with Crippen LogP contribution in [0.25, 0.3) is 0 Å². The molecule has 7 nitrogen and oxygen atoms in total. The normalized spacial score (nSPS) is 10.1. The Morgan fingerprint density at radius 1 is 0.862 bits per heavy atom. The summed E-state index contributed by atoms with van der Waals surface area (Å²) in [6.45, 7) is 1.52. The first-order valence-corrected chi connectivity index (χ1v) is 8.80. The highest BCUT2D eigenvalue weighted by Crippen LogP contribution is 2.18. The third-order valence-electron chi connectivity index (χ3n) is 4.12. The third-order valence-corrected chi connectivity index (χ3v) is 4.12. The van der Waals surface area contributed by atoms with Crippen molar-refractivity contribution in [2.24, 2.45) is 0 Å². The largest absolute Gasteiger partial charge is 0.465 e. The summed E-state index contributed by atoms with van der Waals surface area (Å²) in [6, 6.07) is 16.8. The molecule has 0 unspecified atom stereocenters. The van der Waals surface area contributed by atoms with Gasteiger partial charge in [-0.25, -0.2) is 9.78 Å². The van der Waals surface area contributed by atoms with E-state index in [2.05, 4.69) is 20.4 Å². The summed E-state index contributed by atoms with van der Waals surface area (Å²) in [6.07, 6.45) is 1.54. The van der Waals surface area contributed by atoms with Crippen molar-refractivity contribution in [3.63, 3.8) is 0 Å². The van der Waals surface area contributed by atoms with Crippen LogP contribution >= 0.6 is 0 Å². The van der Waals surface area contributed by atoms with Gasteiger partial charge in [-0.1, -0.05) is 6.07 Å². The molecule has 3 rings (SSSR count). The number of benzene rings is 2. The molecule has 0 aliphatic heterocycles. The van der Waals surface area contributed by atoms with E-state index >= 15 is 0 Å². The van der Waals surface area contributed by atoms with Crippen molar-refractivity contribution in [2.45, 2.75) is 6.92 Å². The highest BCUT2D eigenvalue weighted by molar-refractivity contribution is 6.03. The van der Waals surface area contributed by atoms with Crippen LogP contribution in [-0.4, -0.2) is 29.8 Å². The van der Waals surface area contributed by atoms with Crippen molar-refractivity contribution < 1.29 is 19.1 Å². The number of anilines is 3. The number of amides is 1. The molecule has 0 aliphatic rings. The molecule has 0 saturated carbocycles. The van der Waals surface area contributed by atoms with Crippen molar-refractivity contribution in [3.05, 3.63) is 83.7 Å². The molecule has 1 heterocycles. The van der Waals surface area contributed by atoms with Crippen LogP contribution in [0.2, 0.25) is 0 Å². The number of rotatable bonds is 6. The van der Waals surface area contributed by atoms with Gasteiger partial charge in [0.25, 0.3) is 5.91 Å². The molecule has 1 amide bonds. The first-order chi connectivity index (χ1) is 14.0. The molecule has 0 fully saturated rings. The standard InChI is InChI=1S/C22H19N3O4/c1-14(26)15-6-8-17(9-7-15)24-19-10-11-20(23-13-19)21(27)25-18-5-3-4-16(12-18)22(28)29-2/h3-13,24H,1-2H3,(H,25,27). The zero-order valence-electron chi connectivity index (χ0n) is 15.9. The molecule has 29 heavy (non-hydrogen) atoms. The van der Waals surface area contributed by atoms with Crippen LogP contribution in [0.1, 0.15) is 38.1 Å². The maximum atomic E-state index is 12.4. The number of carbonyl (C=O) groups is 3. The first kappa shape index (κ1) is 19.8. The van der Waals surface area contributed by atoms with Gasteiger partial charge in [-0.2, -0.15) is 0 Å². The van der Waals surface area contributed by atoms with Gasteiger partial charge in [-0.15, -0.1) is 0 Å². The van der Waals surface area contributed by atoms with Crippen molar-refractivity contribution in [1.82, 2.24) is 4.98 Å². The van der Waals surface area contributed by atoms with E-state index in [1.165, 1.54) is 20.1 Å². The minimum absolute atomic E-state index is 0.00528. The molecule has 3 aromatic rings. The van der Waals surface area contributed by atoms with Gasteiger partial charge >= 0.3 is 5.97 Å². The van der Waals surface area contributed by atoms with Crippen molar-refractivity contribution >= 4 is 34.7 Å². The number of methoxy groups -OCH3 is 1. The second-order valence-corrected chi connectivity index (χ2v) is 6.22. The Kier molecular flexibility index (Phi) is 5.99. The molecule has 0 atom stereocenters. The van der Waals surface area contributed by atoms with Crippen molar-refractivity contribution in [3.8, 4) is 0 Å². The Balaban J connectivity index is 1.66. The van der Waals surface area contributed by atoms with Gasteiger partial charge in [-0.05, 0) is 61.5 Å². The molecular weight excluding hydrogens is 370 g/mol. The van der Waals surface area contributed by atoms with Gasteiger partial charge in [0, 0.05) is 16.9 Å². The number of carbonyl (C=O) groups excluding carboxylic acids is 3. The lowest BCUT2D eigenvalue weighted by Crippen LogP contribution is -2.14. The maximum absolute atomic E-state index is 12.4. The van der Waals surface area contributed by atoms with Crippen LogP contribution in [-0.2, 0) is 4.74 Å². The molecule has 0 radical (unpaired) electrons. The Morgan fingerprint density at radius 3 is 2.21 bits per heavy atom. The van der Waals surface area contributed by atoms with Gasteiger partial charge in [0.05, 0.1) is 24.6 Å². The summed E-state index contributed by atoms with van der Waals surface area (Å²) in [5.74, 6) is -0.874. The maximum Gasteiger partial charge on any atom is 0.337 e. The number of esters is 1. The fourth-order valence-corrected chi connectivity index (χ4v) is 2.59. The summed E-state index contributed by atoms with van der Waals surface area (Å²) in [7, 11) is 1.30. The lowest BCUT2D eigenvalue weighted by Gasteiger charge is -2.09. The molecule has 0 saturated heterocycles. The molecule has 2 N–H and O–H groups in total. The zero-order valence-corrected chi connectivity index (χ0v) is 15.9. The number of hydrogen-bond acceptors (Lipinski definition) is 6. The average Bonchev–Trinajstić information content (AvgIpc) is 2.74. The number of aromatic nitrogens is 1. The number of Topliss-reactive ketones (excluding diaryl/α,β-unsaturated/α-hetero) is 1. The fourth-order valence-electron chi connectivity index (χ4n) is 2.59. The second kappa shape index (κ2) is 8.79. The van der Waals surface area contributed by atoms with Gasteiger partial charge in [0.1, 0.15) is 5.69 Å². The van der Waals surface area contributed by atoms with E-state index < -0.39 is 11.9 Å². The highest BCUT2D eigenvalue weighted by Gasteiger charge is 2.10. The predicted octanol–water partition coefficient (Wildman–Crippen LogP) is 4.07. The third kappa shape index (κ3) is 5.04. The number of ether oxygens (including phenoxy) is 1. The highest BCUT2D eigenvalue weighted by atomic mass is 16.5. The van der Waals surface area contributed by atoms with E-state index in [0.29, 0.717) is 22.5 Å². The fraction of sp³-hybridized carbons (Fsp3) is 0.0909. The molecule has 146 valence electrons. The number of ketones is 1. The summed E-state index contributed by atoms with van der Waals surface area (Å²) >= 11 is 0. The van der Waals surface area contributed by atoms with E-state index in [1.54, 1.807) is 60.8 Å². The van der Waals surface area contributed by atoms with Crippen LogP contribution in [0.5, 0.6) is 0 Å². The Bertz CT molecular complexity index is 1040. The Hall–Kier alpha value is -4.00. The first-order valence-electron chi connectivity index (χ1n) is 8.80. The van der Waals surface area contributed by atoms with E-state index in [4.69, 9.17) is 0 Å². The molecule has 0 bridgehead atoms. The summed E-state index contributed by atoms with van der Waals surface area (Å²) in [5, 5.41) is 5.86. The van der Waals surface area contributed by atoms with Crippen LogP contribution in [0, 0.1) is 0 Å². The van der Waals surface area contributed by atoms with E-state index in [0.717, 1.165) is 5.69 Å². The minimum atomic E-state index is -0.481. The van der Waals surface area contributed by atoms with Crippen LogP contribution < -0.4 is 10.6 Å². The lowest BCUT2D eigenvalue weighted by molar-refractivity contribution is 0.0600. The summed E-state index contributed by atoms with van der Waals surface area (Å²) in [5.41, 5.74) is 3.17. The number of nitrogens with zero attached hydrogens (tertiary/aromatic N) is 1. The van der Waals surface area contributed by atoms with E-state index in [1.807, 2.05) is 0 Å². The predicted molar refractivity (Wildman–Crippen MR) is 110 cm³/mol. The lowest BCUT2D eigenvalue weighted by atomic mass is 10.1. The van der Waals surface area contributed by atoms with Crippen LogP contribution in [0.4, 0.5) is 17.1 Å². The Labute approximate surface area is 167 Å². The minimum Gasteiger partial charge on any atom is -0.465 e. The molecule has 2 aromatic carbocycles. The second-order valence-electron chi connectivity index (χ2n) is 6.22. The van der Waals surface area contributed by atoms with Gasteiger partial charge < -0.3 is 15.4 Å². The SMILES string of the molecule is COC(=O)c1cccc(NC(=O)c2ccc(Nc3ccc(C(C)=O)cc3)cn2)c1. The van der Waals surface area contributed by atoms with Crippen molar-refractivity contribution in [2.75, 3.05) is 17.7 Å². The van der Waals surface area contributed by atoms with E-state index in [9.17, 15) is 14.4 Å². The van der Waals surface area contributed by atoms with Gasteiger partial charge in [0.2, 0.25) is 0 Å². The van der Waals surface area contributed by atoms with Crippen LogP contribution in [0.3, 0.4) is 0 Å². The smallest absolute Gasteiger partial charge is 0.337 e. The molecule has 0 aliphatic carbocycles. The quantitative estimate of drug-likeness (QED) is 0.487. The Morgan fingerprint density at radius 2 is 1.59 bits per heavy atom. The summed E-state index contributed by atoms with van der Waals surface area (Å²) < 4.78 is 4.67. The number of nitrogens with one attached hydrogen (secondary N) is 2. The zero-order chi connectivity index (χ0) is 20.8. The molecular formula is C22H19N3O4. The topological polar surface area (TPSA) is 97.4 Å². The van der Waals surface area contributed by atoms with Crippen LogP contribution in [0.15, 0.2) is 66.9 Å². The number of pyridine rings is 1. The number of hydrogen-bond donors (Lipinski definition) is 2. The molecule has 7 heteroatoms. The van der Waals surface area contributed by atoms with Crippen molar-refractivity contribution in [1.29, 1.82) is 0 Å². The van der Waals surface area contributed by atoms with Gasteiger partial charge in [0.15, 0.2) is 5.78 Å². The van der Waals surface area contributed by atoms with Gasteiger partial charge in [-0.3, -0.25) is 9.59 Å². The van der Waals surface area contributed by atoms with E-state index in [-0.39, 0.29) is 11.5 Å². The summed E-state index contributed by atoms with van der Waals surface area (Å²) in [4.78, 5) is 39.5. The average molecular weight is 389 g/mol. The molecule has 0 spiro atoms.